The molecule has 3 rings (SSSR count). The Morgan fingerprint density at radius 2 is 1.78 bits per heavy atom. The molecule has 0 heterocycles. The second-order valence-electron chi connectivity index (χ2n) is 6.61. The van der Waals surface area contributed by atoms with Crippen molar-refractivity contribution in [1.82, 2.24) is 0 Å². The molecule has 1 fully saturated rings. The Labute approximate surface area is 156 Å². The van der Waals surface area contributed by atoms with Crippen LogP contribution in [0.3, 0.4) is 0 Å². The number of halogens is 2. The number of esters is 1. The maximum atomic E-state index is 14.3. The fourth-order valence-electron chi connectivity index (χ4n) is 3.66. The van der Waals surface area contributed by atoms with Crippen LogP contribution in [0, 0.1) is 11.6 Å². The second-order valence-corrected chi connectivity index (χ2v) is 6.61. The van der Waals surface area contributed by atoms with Gasteiger partial charge in [0.1, 0.15) is 17.4 Å². The van der Waals surface area contributed by atoms with Crippen molar-refractivity contribution < 1.29 is 27.8 Å². The second kappa shape index (κ2) is 7.86. The molecule has 0 saturated heterocycles. The maximum absolute atomic E-state index is 14.3. The van der Waals surface area contributed by atoms with Crippen LogP contribution in [0.4, 0.5) is 8.78 Å². The molecule has 0 unspecified atom stereocenters. The van der Waals surface area contributed by atoms with Crippen molar-refractivity contribution in [2.24, 2.45) is 0 Å². The molecule has 0 amide bonds. The third-order valence-electron chi connectivity index (χ3n) is 5.03. The first-order valence-corrected chi connectivity index (χ1v) is 8.77. The van der Waals surface area contributed by atoms with Gasteiger partial charge in [0.2, 0.25) is 5.78 Å². The van der Waals surface area contributed by atoms with E-state index in [1.165, 1.54) is 25.3 Å². The largest absolute Gasteiger partial charge is 0.496 e. The molecule has 1 aliphatic rings. The zero-order valence-corrected chi connectivity index (χ0v) is 15.0. The number of ketones is 1. The van der Waals surface area contributed by atoms with Crippen molar-refractivity contribution in [3.8, 4) is 5.75 Å². The van der Waals surface area contributed by atoms with Crippen molar-refractivity contribution in [1.29, 1.82) is 0 Å². The van der Waals surface area contributed by atoms with Crippen molar-refractivity contribution in [3.05, 3.63) is 65.2 Å². The van der Waals surface area contributed by atoms with Gasteiger partial charge in [-0.1, -0.05) is 31.0 Å². The lowest BCUT2D eigenvalue weighted by Crippen LogP contribution is -2.36. The summed E-state index contributed by atoms with van der Waals surface area (Å²) in [7, 11) is 1.36. The van der Waals surface area contributed by atoms with Gasteiger partial charge in [-0.3, -0.25) is 9.59 Å². The van der Waals surface area contributed by atoms with Crippen LogP contribution in [-0.2, 0) is 14.9 Å². The van der Waals surface area contributed by atoms with Crippen LogP contribution in [0.5, 0.6) is 5.75 Å². The number of Topliss-reactive ketones (excluding diaryl/α,β-unsaturated/α-hetero) is 1. The predicted molar refractivity (Wildman–Crippen MR) is 94.8 cm³/mol. The van der Waals surface area contributed by atoms with Gasteiger partial charge in [0.05, 0.1) is 18.1 Å². The molecule has 2 aromatic carbocycles. The van der Waals surface area contributed by atoms with Crippen LogP contribution in [-0.4, -0.2) is 25.5 Å². The van der Waals surface area contributed by atoms with E-state index in [2.05, 4.69) is 0 Å². The van der Waals surface area contributed by atoms with Gasteiger partial charge in [-0.15, -0.1) is 0 Å². The minimum Gasteiger partial charge on any atom is -0.496 e. The lowest BCUT2D eigenvalue weighted by molar-refractivity contribution is -0.149. The number of benzene rings is 2. The standard InChI is InChI=1S/C21H20F2O4/c1-26-19-9-8-14(22)12-15(19)18(24)13-27-20(25)21(10-4-5-11-21)16-6-2-3-7-17(16)23/h2-3,6-9,12H,4-5,10-11,13H2,1H3. The molecule has 6 heteroatoms. The third kappa shape index (κ3) is 3.70. The van der Waals surface area contributed by atoms with Crippen LogP contribution in [0.1, 0.15) is 41.6 Å². The lowest BCUT2D eigenvalue weighted by atomic mass is 9.78. The molecule has 0 atom stereocenters. The van der Waals surface area contributed by atoms with E-state index in [4.69, 9.17) is 9.47 Å². The van der Waals surface area contributed by atoms with E-state index < -0.39 is 35.4 Å². The van der Waals surface area contributed by atoms with E-state index in [-0.39, 0.29) is 11.3 Å². The summed E-state index contributed by atoms with van der Waals surface area (Å²) >= 11 is 0. The highest BCUT2D eigenvalue weighted by atomic mass is 19.1. The number of carbonyl (C=O) groups excluding carboxylic acids is 2. The fraction of sp³-hybridized carbons (Fsp3) is 0.333. The summed E-state index contributed by atoms with van der Waals surface area (Å²) < 4.78 is 38.1. The van der Waals surface area contributed by atoms with Gasteiger partial charge in [0, 0.05) is 5.56 Å². The number of ether oxygens (including phenoxy) is 2. The van der Waals surface area contributed by atoms with Crippen LogP contribution in [0.2, 0.25) is 0 Å². The molecule has 27 heavy (non-hydrogen) atoms. The molecular formula is C21H20F2O4. The summed E-state index contributed by atoms with van der Waals surface area (Å²) in [6.07, 6.45) is 2.47. The highest BCUT2D eigenvalue weighted by molar-refractivity contribution is 6.00. The van der Waals surface area contributed by atoms with E-state index >= 15 is 0 Å². The molecule has 0 spiro atoms. The molecule has 0 aliphatic heterocycles. The molecule has 0 radical (unpaired) electrons. The third-order valence-corrected chi connectivity index (χ3v) is 5.03. The number of methoxy groups -OCH3 is 1. The quantitative estimate of drug-likeness (QED) is 0.561. The van der Waals surface area contributed by atoms with E-state index in [1.807, 2.05) is 0 Å². The number of carbonyl (C=O) groups is 2. The molecule has 2 aromatic rings. The first-order valence-electron chi connectivity index (χ1n) is 8.77. The summed E-state index contributed by atoms with van der Waals surface area (Å²) in [5.74, 6) is -2.07. The summed E-state index contributed by atoms with van der Waals surface area (Å²) in [6.45, 7) is -0.561. The van der Waals surface area contributed by atoms with E-state index in [9.17, 15) is 18.4 Å². The Kier molecular flexibility index (Phi) is 5.54. The van der Waals surface area contributed by atoms with Gasteiger partial charge in [-0.05, 0) is 37.1 Å². The highest BCUT2D eigenvalue weighted by Gasteiger charge is 2.46. The highest BCUT2D eigenvalue weighted by Crippen LogP contribution is 2.43. The van der Waals surface area contributed by atoms with Crippen molar-refractivity contribution >= 4 is 11.8 Å². The Bertz CT molecular complexity index is 857. The van der Waals surface area contributed by atoms with Crippen molar-refractivity contribution in [2.45, 2.75) is 31.1 Å². The predicted octanol–water partition coefficient (Wildman–Crippen LogP) is 4.21. The van der Waals surface area contributed by atoms with E-state index in [1.54, 1.807) is 18.2 Å². The summed E-state index contributed by atoms with van der Waals surface area (Å²) in [5.41, 5.74) is -0.794. The van der Waals surface area contributed by atoms with Gasteiger partial charge >= 0.3 is 5.97 Å². The van der Waals surface area contributed by atoms with Crippen LogP contribution < -0.4 is 4.74 Å². The van der Waals surface area contributed by atoms with Crippen molar-refractivity contribution in [3.63, 3.8) is 0 Å². The van der Waals surface area contributed by atoms with Crippen molar-refractivity contribution in [2.75, 3.05) is 13.7 Å². The number of hydrogen-bond acceptors (Lipinski definition) is 4. The minimum atomic E-state index is -1.09. The van der Waals surface area contributed by atoms with Crippen LogP contribution in [0.25, 0.3) is 0 Å². The molecule has 0 N–H and O–H groups in total. The Morgan fingerprint density at radius 1 is 1.07 bits per heavy atom. The van der Waals surface area contributed by atoms with Gasteiger partial charge in [-0.2, -0.15) is 0 Å². The summed E-state index contributed by atoms with van der Waals surface area (Å²) in [6, 6.07) is 9.68. The monoisotopic (exact) mass is 374 g/mol. The summed E-state index contributed by atoms with van der Waals surface area (Å²) in [5, 5.41) is 0. The normalized spacial score (nSPS) is 15.4. The topological polar surface area (TPSA) is 52.6 Å². The fourth-order valence-corrected chi connectivity index (χ4v) is 3.66. The first-order chi connectivity index (χ1) is 13.0. The molecule has 1 saturated carbocycles. The molecule has 4 nitrogen and oxygen atoms in total. The maximum Gasteiger partial charge on any atom is 0.317 e. The molecule has 0 aromatic heterocycles. The van der Waals surface area contributed by atoms with Gasteiger partial charge < -0.3 is 9.47 Å². The van der Waals surface area contributed by atoms with Gasteiger partial charge in [0.25, 0.3) is 0 Å². The van der Waals surface area contributed by atoms with Gasteiger partial charge in [0.15, 0.2) is 6.61 Å². The first kappa shape index (κ1) is 19.0. The molecule has 1 aliphatic carbocycles. The summed E-state index contributed by atoms with van der Waals surface area (Å²) in [4.78, 5) is 25.2. The Morgan fingerprint density at radius 3 is 2.44 bits per heavy atom. The average Bonchev–Trinajstić information content (AvgIpc) is 3.17. The van der Waals surface area contributed by atoms with Crippen LogP contribution >= 0.6 is 0 Å². The SMILES string of the molecule is COc1ccc(F)cc1C(=O)COC(=O)C1(c2ccccc2F)CCCC1. The number of hydrogen-bond donors (Lipinski definition) is 0. The van der Waals surface area contributed by atoms with Gasteiger partial charge in [-0.25, -0.2) is 8.78 Å². The van der Waals surface area contributed by atoms with E-state index in [0.717, 1.165) is 18.9 Å². The number of rotatable bonds is 6. The Hall–Kier alpha value is -2.76. The zero-order chi connectivity index (χ0) is 19.4. The molecular weight excluding hydrogens is 354 g/mol. The zero-order valence-electron chi connectivity index (χ0n) is 15.0. The molecule has 142 valence electrons. The Balaban J connectivity index is 1.79. The van der Waals surface area contributed by atoms with Crippen LogP contribution in [0.15, 0.2) is 42.5 Å². The average molecular weight is 374 g/mol. The minimum absolute atomic E-state index is 0.00309. The smallest absolute Gasteiger partial charge is 0.317 e. The van der Waals surface area contributed by atoms with E-state index in [0.29, 0.717) is 18.4 Å². The molecule has 0 bridgehead atoms. The lowest BCUT2D eigenvalue weighted by Gasteiger charge is -2.27.